The van der Waals surface area contributed by atoms with Crippen molar-refractivity contribution in [3.8, 4) is 0 Å². The average molecular weight is 297 g/mol. The summed E-state index contributed by atoms with van der Waals surface area (Å²) in [4.78, 5) is 25.5. The molecule has 0 aliphatic carbocycles. The van der Waals surface area contributed by atoms with Gasteiger partial charge in [0.2, 0.25) is 5.91 Å². The van der Waals surface area contributed by atoms with Gasteiger partial charge in [-0.2, -0.15) is 0 Å². The van der Waals surface area contributed by atoms with E-state index in [1.807, 2.05) is 0 Å². The zero-order valence-electron chi connectivity index (χ0n) is 12.9. The molecule has 2 saturated heterocycles. The number of methoxy groups -OCH3 is 1. The molecule has 2 heterocycles. The fraction of sp³-hybridized carbons (Fsp3) is 0.867. The van der Waals surface area contributed by atoms with Crippen LogP contribution in [0.3, 0.4) is 0 Å². The summed E-state index contributed by atoms with van der Waals surface area (Å²) in [7, 11) is 1.42. The lowest BCUT2D eigenvalue weighted by molar-refractivity contribution is -0.141. The van der Waals surface area contributed by atoms with E-state index >= 15 is 0 Å². The second kappa shape index (κ2) is 8.34. The molecule has 2 rings (SSSR count). The van der Waals surface area contributed by atoms with Crippen molar-refractivity contribution in [2.45, 2.75) is 38.1 Å². The Hall–Kier alpha value is -1.14. The van der Waals surface area contributed by atoms with Crippen LogP contribution in [-0.2, 0) is 14.3 Å². The zero-order chi connectivity index (χ0) is 15.1. The fourth-order valence-corrected chi connectivity index (χ4v) is 3.15. The van der Waals surface area contributed by atoms with Crippen LogP contribution in [0.5, 0.6) is 0 Å². The molecule has 1 amide bonds. The van der Waals surface area contributed by atoms with Gasteiger partial charge >= 0.3 is 5.97 Å². The van der Waals surface area contributed by atoms with Gasteiger partial charge < -0.3 is 20.3 Å². The number of nitrogens with zero attached hydrogens (tertiary/aromatic N) is 1. The molecule has 2 N–H and O–H groups in total. The summed E-state index contributed by atoms with van der Waals surface area (Å²) in [5.74, 6) is 0.471. The van der Waals surface area contributed by atoms with E-state index in [4.69, 9.17) is 0 Å². The maximum absolute atomic E-state index is 12.0. The summed E-state index contributed by atoms with van der Waals surface area (Å²) in [6, 6.07) is 0.00372. The number of piperidine rings is 1. The first kappa shape index (κ1) is 16.2. The molecule has 0 aromatic rings. The van der Waals surface area contributed by atoms with Gasteiger partial charge in [0.25, 0.3) is 0 Å². The third-order valence-electron chi connectivity index (χ3n) is 4.40. The predicted molar refractivity (Wildman–Crippen MR) is 79.8 cm³/mol. The van der Waals surface area contributed by atoms with Crippen molar-refractivity contribution in [1.82, 2.24) is 15.5 Å². The highest BCUT2D eigenvalue weighted by molar-refractivity contribution is 5.81. The zero-order valence-corrected chi connectivity index (χ0v) is 12.9. The lowest BCUT2D eigenvalue weighted by Crippen LogP contribution is -2.45. The largest absolute Gasteiger partial charge is 0.469 e. The molecule has 0 spiro atoms. The van der Waals surface area contributed by atoms with Gasteiger partial charge in [-0.25, -0.2) is 0 Å². The molecule has 120 valence electrons. The minimum absolute atomic E-state index is 0.00372. The number of hydrogen-bond acceptors (Lipinski definition) is 5. The standard InChI is InChI=1S/C15H27N3O3/c1-21-14(19)6-9-18-8-3-4-12(11-18)10-17-15(20)13-5-2-7-16-13/h12-13,16H,2-11H2,1H3,(H,17,20). The summed E-state index contributed by atoms with van der Waals surface area (Å²) in [5.41, 5.74) is 0. The number of carbonyl (C=O) groups is 2. The Morgan fingerprint density at radius 1 is 1.33 bits per heavy atom. The number of ether oxygens (including phenoxy) is 1. The van der Waals surface area contributed by atoms with Crippen LogP contribution in [0.4, 0.5) is 0 Å². The van der Waals surface area contributed by atoms with Crippen LogP contribution in [0, 0.1) is 5.92 Å². The van der Waals surface area contributed by atoms with Crippen LogP contribution < -0.4 is 10.6 Å². The second-order valence-corrected chi connectivity index (χ2v) is 6.03. The topological polar surface area (TPSA) is 70.7 Å². The van der Waals surface area contributed by atoms with Crippen LogP contribution in [0.15, 0.2) is 0 Å². The van der Waals surface area contributed by atoms with Crippen molar-refractivity contribution in [2.24, 2.45) is 5.92 Å². The molecule has 21 heavy (non-hydrogen) atoms. The van der Waals surface area contributed by atoms with Gasteiger partial charge in [-0.1, -0.05) is 0 Å². The molecule has 2 aliphatic rings. The smallest absolute Gasteiger partial charge is 0.306 e. The van der Waals surface area contributed by atoms with Gasteiger partial charge in [-0.3, -0.25) is 9.59 Å². The molecular weight excluding hydrogens is 270 g/mol. The SMILES string of the molecule is COC(=O)CCN1CCCC(CNC(=O)C2CCCN2)C1. The van der Waals surface area contributed by atoms with Gasteiger partial charge in [-0.15, -0.1) is 0 Å². The van der Waals surface area contributed by atoms with Gasteiger partial charge in [0, 0.05) is 19.6 Å². The van der Waals surface area contributed by atoms with Crippen molar-refractivity contribution >= 4 is 11.9 Å². The summed E-state index contributed by atoms with van der Waals surface area (Å²) < 4.78 is 4.67. The Balaban J connectivity index is 1.66. The fourth-order valence-electron chi connectivity index (χ4n) is 3.15. The van der Waals surface area contributed by atoms with E-state index in [0.717, 1.165) is 58.4 Å². The van der Waals surface area contributed by atoms with E-state index in [1.54, 1.807) is 0 Å². The molecule has 0 bridgehead atoms. The number of hydrogen-bond donors (Lipinski definition) is 2. The highest BCUT2D eigenvalue weighted by Crippen LogP contribution is 2.16. The number of rotatable bonds is 6. The van der Waals surface area contributed by atoms with Gasteiger partial charge in [-0.05, 0) is 44.7 Å². The quantitative estimate of drug-likeness (QED) is 0.682. The van der Waals surface area contributed by atoms with Crippen LogP contribution in [-0.4, -0.2) is 62.7 Å². The molecule has 2 fully saturated rings. The van der Waals surface area contributed by atoms with Crippen molar-refractivity contribution in [3.63, 3.8) is 0 Å². The number of carbonyl (C=O) groups excluding carboxylic acids is 2. The Bertz CT molecular complexity index is 356. The number of nitrogens with one attached hydrogen (secondary N) is 2. The molecule has 0 aromatic heterocycles. The predicted octanol–water partition coefficient (Wildman–Crippen LogP) is 0.130. The molecular formula is C15H27N3O3. The Kier molecular flexibility index (Phi) is 6.45. The summed E-state index contributed by atoms with van der Waals surface area (Å²) in [6.45, 7) is 4.43. The van der Waals surface area contributed by atoms with Crippen molar-refractivity contribution < 1.29 is 14.3 Å². The van der Waals surface area contributed by atoms with Crippen molar-refractivity contribution in [1.29, 1.82) is 0 Å². The van der Waals surface area contributed by atoms with Crippen LogP contribution in [0.2, 0.25) is 0 Å². The van der Waals surface area contributed by atoms with Gasteiger partial charge in [0.1, 0.15) is 0 Å². The average Bonchev–Trinajstić information content (AvgIpc) is 3.05. The van der Waals surface area contributed by atoms with Gasteiger partial charge in [0.15, 0.2) is 0 Å². The minimum atomic E-state index is -0.155. The molecule has 0 saturated carbocycles. The molecule has 2 atom stereocenters. The monoisotopic (exact) mass is 297 g/mol. The molecule has 2 aliphatic heterocycles. The summed E-state index contributed by atoms with van der Waals surface area (Å²) >= 11 is 0. The van der Waals surface area contributed by atoms with Crippen molar-refractivity contribution in [3.05, 3.63) is 0 Å². The highest BCUT2D eigenvalue weighted by atomic mass is 16.5. The first-order valence-corrected chi connectivity index (χ1v) is 7.99. The van der Waals surface area contributed by atoms with Gasteiger partial charge in [0.05, 0.1) is 19.6 Å². The van der Waals surface area contributed by atoms with E-state index in [-0.39, 0.29) is 17.9 Å². The van der Waals surface area contributed by atoms with E-state index in [2.05, 4.69) is 20.3 Å². The Morgan fingerprint density at radius 2 is 2.19 bits per heavy atom. The van der Waals surface area contributed by atoms with Crippen molar-refractivity contribution in [2.75, 3.05) is 39.8 Å². The first-order valence-electron chi connectivity index (χ1n) is 7.99. The molecule has 0 aromatic carbocycles. The molecule has 0 radical (unpaired) electrons. The summed E-state index contributed by atoms with van der Waals surface area (Å²) in [6.07, 6.45) is 4.75. The summed E-state index contributed by atoms with van der Waals surface area (Å²) in [5, 5.41) is 6.29. The van der Waals surface area contributed by atoms with E-state index < -0.39 is 0 Å². The molecule has 6 nitrogen and oxygen atoms in total. The number of amides is 1. The van der Waals surface area contributed by atoms with Crippen LogP contribution >= 0.6 is 0 Å². The van der Waals surface area contributed by atoms with E-state index in [0.29, 0.717) is 12.3 Å². The molecule has 2 unspecified atom stereocenters. The normalized spacial score (nSPS) is 26.5. The number of likely N-dealkylation sites (tertiary alicyclic amines) is 1. The van der Waals surface area contributed by atoms with E-state index in [1.165, 1.54) is 7.11 Å². The maximum Gasteiger partial charge on any atom is 0.306 e. The van der Waals surface area contributed by atoms with Crippen LogP contribution in [0.1, 0.15) is 32.1 Å². The molecule has 6 heteroatoms. The number of esters is 1. The van der Waals surface area contributed by atoms with Crippen LogP contribution in [0.25, 0.3) is 0 Å². The third-order valence-corrected chi connectivity index (χ3v) is 4.40. The van der Waals surface area contributed by atoms with E-state index in [9.17, 15) is 9.59 Å². The maximum atomic E-state index is 12.0. The lowest BCUT2D eigenvalue weighted by Gasteiger charge is -2.32. The lowest BCUT2D eigenvalue weighted by atomic mass is 9.97. The third kappa shape index (κ3) is 5.28. The first-order chi connectivity index (χ1) is 10.2. The Morgan fingerprint density at radius 3 is 2.90 bits per heavy atom. The highest BCUT2D eigenvalue weighted by Gasteiger charge is 2.24. The second-order valence-electron chi connectivity index (χ2n) is 6.03. The Labute approximate surface area is 126 Å². The minimum Gasteiger partial charge on any atom is -0.469 e.